The van der Waals surface area contributed by atoms with Gasteiger partial charge in [0, 0.05) is 11.3 Å². The van der Waals surface area contributed by atoms with Crippen LogP contribution in [0, 0.1) is 0 Å². The van der Waals surface area contributed by atoms with Crippen molar-refractivity contribution in [2.75, 3.05) is 12.4 Å². The highest BCUT2D eigenvalue weighted by molar-refractivity contribution is 7.84. The number of ether oxygens (including phenoxy) is 1. The molecule has 0 aliphatic rings. The molecule has 0 aromatic heterocycles. The van der Waals surface area contributed by atoms with Crippen molar-refractivity contribution < 1.29 is 26.9 Å². The van der Waals surface area contributed by atoms with Gasteiger partial charge in [-0.2, -0.15) is 13.6 Å². The molecule has 0 aliphatic heterocycles. The number of anilines is 1. The van der Waals surface area contributed by atoms with Crippen molar-refractivity contribution in [2.45, 2.75) is 0 Å². The number of rotatable bonds is 5. The summed E-state index contributed by atoms with van der Waals surface area (Å²) in [4.78, 5) is 23.4. The van der Waals surface area contributed by atoms with Crippen LogP contribution < -0.4 is 14.6 Å². The van der Waals surface area contributed by atoms with Gasteiger partial charge in [-0.1, -0.05) is 0 Å². The number of carbonyl (C=O) groups excluding carboxylic acids is 2. The Morgan fingerprint density at radius 3 is 2.00 bits per heavy atom. The third-order valence-electron chi connectivity index (χ3n) is 2.89. The zero-order chi connectivity index (χ0) is 17.7. The third-order valence-corrected chi connectivity index (χ3v) is 3.32. The van der Waals surface area contributed by atoms with Crippen LogP contribution in [0.25, 0.3) is 0 Å². The fourth-order valence-electron chi connectivity index (χ4n) is 1.81. The number of nitrogens with two attached hydrogens (primary N) is 1. The Hall–Kier alpha value is -2.91. The van der Waals surface area contributed by atoms with E-state index in [0.717, 1.165) is 0 Å². The van der Waals surface area contributed by atoms with Crippen molar-refractivity contribution in [1.29, 1.82) is 0 Å². The van der Waals surface area contributed by atoms with Crippen LogP contribution in [0.4, 0.5) is 5.69 Å². The molecule has 0 aliphatic carbocycles. The molecule has 2 aromatic carbocycles. The van der Waals surface area contributed by atoms with Gasteiger partial charge >= 0.3 is 16.3 Å². The Balaban J connectivity index is 2.05. The first-order valence-electron chi connectivity index (χ1n) is 6.60. The number of amides is 1. The molecule has 0 fully saturated rings. The van der Waals surface area contributed by atoms with E-state index < -0.39 is 22.2 Å². The fourth-order valence-corrected chi connectivity index (χ4v) is 2.19. The van der Waals surface area contributed by atoms with Crippen molar-refractivity contribution in [3.8, 4) is 5.75 Å². The number of methoxy groups -OCH3 is 1. The van der Waals surface area contributed by atoms with Gasteiger partial charge in [-0.05, 0) is 48.5 Å². The first-order valence-corrected chi connectivity index (χ1v) is 8.07. The van der Waals surface area contributed by atoms with Crippen molar-refractivity contribution >= 4 is 27.9 Å². The summed E-state index contributed by atoms with van der Waals surface area (Å²) in [5, 5.41) is 7.38. The van der Waals surface area contributed by atoms with Crippen LogP contribution in [0.1, 0.15) is 20.7 Å². The summed E-state index contributed by atoms with van der Waals surface area (Å²) >= 11 is 0. The van der Waals surface area contributed by atoms with Crippen LogP contribution >= 0.6 is 0 Å². The van der Waals surface area contributed by atoms with Gasteiger partial charge < -0.3 is 14.2 Å². The van der Waals surface area contributed by atoms with E-state index in [1.165, 1.54) is 43.5 Å². The summed E-state index contributed by atoms with van der Waals surface area (Å²) in [5.41, 5.74) is 1.13. The summed E-state index contributed by atoms with van der Waals surface area (Å²) in [6.07, 6.45) is 0. The molecule has 2 rings (SSSR count). The molecule has 0 saturated carbocycles. The average molecular weight is 350 g/mol. The van der Waals surface area contributed by atoms with E-state index in [2.05, 4.69) is 14.2 Å². The number of nitrogens with one attached hydrogen (secondary N) is 1. The highest BCUT2D eigenvalue weighted by atomic mass is 32.2. The van der Waals surface area contributed by atoms with Crippen molar-refractivity contribution in [3.05, 3.63) is 59.7 Å². The lowest BCUT2D eigenvalue weighted by molar-refractivity contribution is 0.0600. The minimum atomic E-state index is -4.11. The highest BCUT2D eigenvalue weighted by Crippen LogP contribution is 2.16. The van der Waals surface area contributed by atoms with Gasteiger partial charge in [0.15, 0.2) is 0 Å². The second-order valence-electron chi connectivity index (χ2n) is 4.62. The zero-order valence-electron chi connectivity index (χ0n) is 12.6. The van der Waals surface area contributed by atoms with Crippen LogP contribution in [-0.4, -0.2) is 27.4 Å². The van der Waals surface area contributed by atoms with E-state index in [4.69, 9.17) is 5.14 Å². The monoisotopic (exact) mass is 350 g/mol. The molecule has 0 saturated heterocycles. The van der Waals surface area contributed by atoms with Gasteiger partial charge in [0.05, 0.1) is 12.7 Å². The lowest BCUT2D eigenvalue weighted by Crippen LogP contribution is -2.19. The topological polar surface area (TPSA) is 125 Å². The second kappa shape index (κ2) is 7.11. The van der Waals surface area contributed by atoms with Crippen molar-refractivity contribution in [1.82, 2.24) is 0 Å². The maximum atomic E-state index is 12.1. The molecule has 126 valence electrons. The van der Waals surface area contributed by atoms with E-state index in [1.54, 1.807) is 12.1 Å². The van der Waals surface area contributed by atoms with E-state index in [9.17, 15) is 18.0 Å². The first-order chi connectivity index (χ1) is 11.3. The predicted octanol–water partition coefficient (Wildman–Crippen LogP) is 1.31. The summed E-state index contributed by atoms with van der Waals surface area (Å²) in [6, 6.07) is 11.5. The van der Waals surface area contributed by atoms with E-state index >= 15 is 0 Å². The van der Waals surface area contributed by atoms with Crippen molar-refractivity contribution in [2.24, 2.45) is 5.14 Å². The van der Waals surface area contributed by atoms with Gasteiger partial charge in [-0.3, -0.25) is 4.79 Å². The summed E-state index contributed by atoms with van der Waals surface area (Å²) in [7, 11) is -2.83. The number of carbonyl (C=O) groups is 2. The quantitative estimate of drug-likeness (QED) is 0.783. The summed E-state index contributed by atoms with van der Waals surface area (Å²) in [5.74, 6) is -0.891. The van der Waals surface area contributed by atoms with Gasteiger partial charge in [0.2, 0.25) is 0 Å². The minimum Gasteiger partial charge on any atom is -0.465 e. The number of esters is 1. The molecule has 3 N–H and O–H groups in total. The third kappa shape index (κ3) is 4.80. The molecule has 9 heteroatoms. The lowest BCUT2D eigenvalue weighted by Gasteiger charge is -2.07. The minimum absolute atomic E-state index is 0.00326. The molecule has 0 bridgehead atoms. The Morgan fingerprint density at radius 1 is 0.958 bits per heavy atom. The molecule has 24 heavy (non-hydrogen) atoms. The number of benzene rings is 2. The van der Waals surface area contributed by atoms with Crippen LogP contribution in [-0.2, 0) is 15.0 Å². The average Bonchev–Trinajstić information content (AvgIpc) is 2.54. The Bertz CT molecular complexity index is 845. The summed E-state index contributed by atoms with van der Waals surface area (Å²) < 4.78 is 30.7. The van der Waals surface area contributed by atoms with Crippen LogP contribution in [0.3, 0.4) is 0 Å². The number of hydrogen-bond donors (Lipinski definition) is 2. The van der Waals surface area contributed by atoms with E-state index in [-0.39, 0.29) is 11.3 Å². The van der Waals surface area contributed by atoms with Crippen LogP contribution in [0.5, 0.6) is 5.75 Å². The van der Waals surface area contributed by atoms with Crippen LogP contribution in [0.15, 0.2) is 48.5 Å². The molecule has 0 spiro atoms. The number of hydrogen-bond acceptors (Lipinski definition) is 6. The second-order valence-corrected chi connectivity index (χ2v) is 5.78. The van der Waals surface area contributed by atoms with Crippen molar-refractivity contribution in [3.63, 3.8) is 0 Å². The molecule has 0 unspecified atom stereocenters. The molecular weight excluding hydrogens is 336 g/mol. The van der Waals surface area contributed by atoms with Crippen LogP contribution in [0.2, 0.25) is 0 Å². The van der Waals surface area contributed by atoms with Gasteiger partial charge in [0.25, 0.3) is 5.91 Å². The molecule has 8 nitrogen and oxygen atoms in total. The normalized spacial score (nSPS) is 10.8. The molecule has 1 amide bonds. The Labute approximate surface area is 138 Å². The largest absolute Gasteiger partial charge is 0.465 e. The maximum Gasteiger partial charge on any atom is 0.380 e. The molecule has 0 radical (unpaired) electrons. The lowest BCUT2D eigenvalue weighted by atomic mass is 10.2. The molecular formula is C15H14N2O6S. The SMILES string of the molecule is COC(=O)c1ccc(NC(=O)c2ccc(OS(N)(=O)=O)cc2)cc1. The van der Waals surface area contributed by atoms with E-state index in [0.29, 0.717) is 11.3 Å². The molecule has 0 atom stereocenters. The van der Waals surface area contributed by atoms with Gasteiger partial charge in [0.1, 0.15) is 5.75 Å². The Kier molecular flexibility index (Phi) is 5.17. The molecule has 2 aromatic rings. The zero-order valence-corrected chi connectivity index (χ0v) is 13.4. The first kappa shape index (κ1) is 17.4. The van der Waals surface area contributed by atoms with Gasteiger partial charge in [-0.25, -0.2) is 4.79 Å². The predicted molar refractivity (Wildman–Crippen MR) is 85.9 cm³/mol. The smallest absolute Gasteiger partial charge is 0.380 e. The molecule has 0 heterocycles. The summed E-state index contributed by atoms with van der Waals surface area (Å²) in [6.45, 7) is 0. The maximum absolute atomic E-state index is 12.1. The standard InChI is InChI=1S/C15H14N2O6S/c1-22-15(19)11-2-6-12(7-3-11)17-14(18)10-4-8-13(9-5-10)23-24(16,20)21/h2-9H,1H3,(H,17,18)(H2,16,20,21). The van der Waals surface area contributed by atoms with E-state index in [1.807, 2.05) is 0 Å². The Morgan fingerprint density at radius 2 is 1.50 bits per heavy atom. The fraction of sp³-hybridized carbons (Fsp3) is 0.0667. The van der Waals surface area contributed by atoms with Gasteiger partial charge in [-0.15, -0.1) is 0 Å². The highest BCUT2D eigenvalue weighted by Gasteiger charge is 2.10.